The van der Waals surface area contributed by atoms with Gasteiger partial charge in [-0.1, -0.05) is 42.5 Å². The smallest absolute Gasteiger partial charge is 0.293 e. The van der Waals surface area contributed by atoms with E-state index in [1.165, 1.54) is 12.1 Å². The molecule has 0 bridgehead atoms. The van der Waals surface area contributed by atoms with E-state index in [1.54, 1.807) is 30.3 Å². The molecule has 1 heterocycles. The predicted molar refractivity (Wildman–Crippen MR) is 114 cm³/mol. The van der Waals surface area contributed by atoms with Crippen molar-refractivity contribution in [3.05, 3.63) is 88.8 Å². The summed E-state index contributed by atoms with van der Waals surface area (Å²) in [7, 11) is 0. The largest absolute Gasteiger partial charge is 0.504 e. The molecule has 0 spiro atoms. The summed E-state index contributed by atoms with van der Waals surface area (Å²) in [6.45, 7) is 0.0972. The maximum absolute atomic E-state index is 12.7. The molecule has 1 fully saturated rings. The molecule has 1 aliphatic rings. The minimum absolute atomic E-state index is 0.0972. The molecule has 150 valence electrons. The van der Waals surface area contributed by atoms with Crippen molar-refractivity contribution >= 4 is 29.0 Å². The second-order valence-electron chi connectivity index (χ2n) is 6.55. The third-order valence-electron chi connectivity index (χ3n) is 4.42. The molecule has 0 aromatic heterocycles. The molecule has 4 rings (SSSR count). The van der Waals surface area contributed by atoms with E-state index in [-0.39, 0.29) is 28.5 Å². The molecule has 2 amide bonds. The number of rotatable bonds is 5. The molecule has 1 aliphatic heterocycles. The number of benzene rings is 3. The number of phenols is 2. The maximum atomic E-state index is 12.7. The summed E-state index contributed by atoms with van der Waals surface area (Å²) in [6, 6.07) is 20.9. The van der Waals surface area contributed by atoms with Crippen molar-refractivity contribution in [2.45, 2.75) is 6.54 Å². The Labute approximate surface area is 177 Å². The van der Waals surface area contributed by atoms with Gasteiger partial charge in [-0.2, -0.15) is 0 Å². The molecule has 0 radical (unpaired) electrons. The lowest BCUT2D eigenvalue weighted by Crippen LogP contribution is -2.27. The van der Waals surface area contributed by atoms with E-state index in [4.69, 9.17) is 4.74 Å². The minimum atomic E-state index is -0.456. The SMILES string of the molecule is O=C1SC(=Cc2cccc(O)c2O)C(=O)N1Cc1cccc(Oc2ccccc2)c1. The lowest BCUT2D eigenvalue weighted by Gasteiger charge is -2.13. The number of thioether (sulfide) groups is 1. The molecular weight excluding hydrogens is 402 g/mol. The van der Waals surface area contributed by atoms with Crippen molar-refractivity contribution in [3.63, 3.8) is 0 Å². The van der Waals surface area contributed by atoms with Gasteiger partial charge in [0.25, 0.3) is 11.1 Å². The summed E-state index contributed by atoms with van der Waals surface area (Å²) in [5, 5.41) is 19.1. The van der Waals surface area contributed by atoms with Gasteiger partial charge in [0.1, 0.15) is 11.5 Å². The fourth-order valence-corrected chi connectivity index (χ4v) is 3.79. The lowest BCUT2D eigenvalue weighted by molar-refractivity contribution is -0.123. The highest BCUT2D eigenvalue weighted by Crippen LogP contribution is 2.37. The average Bonchev–Trinajstić information content (AvgIpc) is 3.00. The molecule has 0 aliphatic carbocycles. The van der Waals surface area contributed by atoms with Gasteiger partial charge in [-0.25, -0.2) is 0 Å². The zero-order chi connectivity index (χ0) is 21.1. The highest BCUT2D eigenvalue weighted by molar-refractivity contribution is 8.18. The van der Waals surface area contributed by atoms with Crippen LogP contribution >= 0.6 is 11.8 Å². The Bertz CT molecular complexity index is 1140. The highest BCUT2D eigenvalue weighted by Gasteiger charge is 2.35. The molecule has 7 heteroatoms. The van der Waals surface area contributed by atoms with Crippen molar-refractivity contribution < 1.29 is 24.5 Å². The number of amides is 2. The normalized spacial score (nSPS) is 15.1. The van der Waals surface area contributed by atoms with E-state index in [2.05, 4.69) is 0 Å². The average molecular weight is 419 g/mol. The first kappa shape index (κ1) is 19.6. The van der Waals surface area contributed by atoms with E-state index >= 15 is 0 Å². The first-order valence-corrected chi connectivity index (χ1v) is 9.91. The highest BCUT2D eigenvalue weighted by atomic mass is 32.2. The Balaban J connectivity index is 1.52. The maximum Gasteiger partial charge on any atom is 0.293 e. The van der Waals surface area contributed by atoms with Crippen LogP contribution in [0.1, 0.15) is 11.1 Å². The van der Waals surface area contributed by atoms with Crippen molar-refractivity contribution in [3.8, 4) is 23.0 Å². The van der Waals surface area contributed by atoms with Crippen molar-refractivity contribution in [1.82, 2.24) is 4.90 Å². The van der Waals surface area contributed by atoms with Gasteiger partial charge in [-0.15, -0.1) is 0 Å². The van der Waals surface area contributed by atoms with E-state index in [0.29, 0.717) is 11.5 Å². The number of hydrogen-bond donors (Lipinski definition) is 2. The van der Waals surface area contributed by atoms with Crippen LogP contribution in [0.5, 0.6) is 23.0 Å². The Hall–Kier alpha value is -3.71. The quantitative estimate of drug-likeness (QED) is 0.441. The van der Waals surface area contributed by atoms with Gasteiger partial charge in [0.2, 0.25) is 0 Å². The summed E-state index contributed by atoms with van der Waals surface area (Å²) in [5.41, 5.74) is 1.01. The number of nitrogens with zero attached hydrogens (tertiary/aromatic N) is 1. The first-order chi connectivity index (χ1) is 14.5. The Morgan fingerprint density at radius 1 is 0.900 bits per heavy atom. The predicted octanol–water partition coefficient (Wildman–Crippen LogP) is 5.13. The third-order valence-corrected chi connectivity index (χ3v) is 5.33. The van der Waals surface area contributed by atoms with Gasteiger partial charge in [-0.05, 0) is 53.7 Å². The Kier molecular flexibility index (Phi) is 5.45. The van der Waals surface area contributed by atoms with Gasteiger partial charge in [0.15, 0.2) is 11.5 Å². The van der Waals surface area contributed by atoms with Crippen LogP contribution in [0.25, 0.3) is 6.08 Å². The monoisotopic (exact) mass is 419 g/mol. The van der Waals surface area contributed by atoms with Crippen LogP contribution in [-0.4, -0.2) is 26.3 Å². The summed E-state index contributed by atoms with van der Waals surface area (Å²) in [6.07, 6.45) is 1.40. The molecule has 30 heavy (non-hydrogen) atoms. The number of carbonyl (C=O) groups excluding carboxylic acids is 2. The van der Waals surface area contributed by atoms with E-state index < -0.39 is 11.1 Å². The van der Waals surface area contributed by atoms with E-state index in [0.717, 1.165) is 22.2 Å². The zero-order valence-electron chi connectivity index (χ0n) is 15.7. The fraction of sp³-hybridized carbons (Fsp3) is 0.0435. The minimum Gasteiger partial charge on any atom is -0.504 e. The van der Waals surface area contributed by atoms with Gasteiger partial charge in [0, 0.05) is 5.56 Å². The molecule has 3 aromatic carbocycles. The molecule has 6 nitrogen and oxygen atoms in total. The standard InChI is InChI=1S/C23H17NO5S/c25-19-11-5-7-16(21(19)26)13-20-22(27)24(23(28)30-20)14-15-6-4-10-18(12-15)29-17-8-2-1-3-9-17/h1-13,25-26H,14H2. The van der Waals surface area contributed by atoms with Crippen LogP contribution in [-0.2, 0) is 11.3 Å². The number of carbonyl (C=O) groups is 2. The van der Waals surface area contributed by atoms with Crippen LogP contribution < -0.4 is 4.74 Å². The third kappa shape index (κ3) is 4.16. The Morgan fingerprint density at radius 2 is 1.63 bits per heavy atom. The number of ether oxygens (including phenoxy) is 1. The second-order valence-corrected chi connectivity index (χ2v) is 7.54. The Morgan fingerprint density at radius 3 is 2.43 bits per heavy atom. The number of para-hydroxylation sites is 2. The molecule has 0 saturated carbocycles. The van der Waals surface area contributed by atoms with Crippen molar-refractivity contribution in [2.75, 3.05) is 0 Å². The van der Waals surface area contributed by atoms with Gasteiger partial charge in [-0.3, -0.25) is 14.5 Å². The molecule has 0 unspecified atom stereocenters. The fourth-order valence-electron chi connectivity index (χ4n) is 2.96. The van der Waals surface area contributed by atoms with Crippen LogP contribution in [0.2, 0.25) is 0 Å². The first-order valence-electron chi connectivity index (χ1n) is 9.09. The molecule has 0 atom stereocenters. The molecular formula is C23H17NO5S. The topological polar surface area (TPSA) is 87.1 Å². The number of aromatic hydroxyl groups is 2. The number of hydrogen-bond acceptors (Lipinski definition) is 6. The van der Waals surface area contributed by atoms with Gasteiger partial charge in [0.05, 0.1) is 11.4 Å². The lowest BCUT2D eigenvalue weighted by atomic mass is 10.1. The van der Waals surface area contributed by atoms with Gasteiger partial charge < -0.3 is 14.9 Å². The van der Waals surface area contributed by atoms with Crippen LogP contribution in [0.3, 0.4) is 0 Å². The summed E-state index contributed by atoms with van der Waals surface area (Å²) in [4.78, 5) is 26.5. The summed E-state index contributed by atoms with van der Waals surface area (Å²) >= 11 is 0.792. The summed E-state index contributed by atoms with van der Waals surface area (Å²) in [5.74, 6) is 0.205. The van der Waals surface area contributed by atoms with Crippen molar-refractivity contribution in [1.29, 1.82) is 0 Å². The molecule has 1 saturated heterocycles. The second kappa shape index (κ2) is 8.34. The number of phenolic OH excluding ortho intramolecular Hbond substituents is 2. The summed E-state index contributed by atoms with van der Waals surface area (Å²) < 4.78 is 5.81. The van der Waals surface area contributed by atoms with Crippen LogP contribution in [0.15, 0.2) is 77.7 Å². The van der Waals surface area contributed by atoms with Crippen LogP contribution in [0, 0.1) is 0 Å². The van der Waals surface area contributed by atoms with Crippen molar-refractivity contribution in [2.24, 2.45) is 0 Å². The van der Waals surface area contributed by atoms with Gasteiger partial charge >= 0.3 is 0 Å². The molecule has 2 N–H and O–H groups in total. The van der Waals surface area contributed by atoms with Crippen LogP contribution in [0.4, 0.5) is 4.79 Å². The van der Waals surface area contributed by atoms with E-state index in [9.17, 15) is 19.8 Å². The zero-order valence-corrected chi connectivity index (χ0v) is 16.5. The van der Waals surface area contributed by atoms with E-state index in [1.807, 2.05) is 36.4 Å². The molecule has 3 aromatic rings. The number of imide groups is 1.